The molecule has 0 aromatic heterocycles. The van der Waals surface area contributed by atoms with Crippen LogP contribution in [0.1, 0.15) is 25.0 Å². The number of carbonyl (C=O) groups excluding carboxylic acids is 1. The Bertz CT molecular complexity index is 596. The van der Waals surface area contributed by atoms with Gasteiger partial charge in [0.25, 0.3) is 0 Å². The van der Waals surface area contributed by atoms with Crippen molar-refractivity contribution in [3.8, 4) is 0 Å². The second-order valence-electron chi connectivity index (χ2n) is 6.13. The third kappa shape index (κ3) is 5.22. The van der Waals surface area contributed by atoms with Gasteiger partial charge in [0.15, 0.2) is 0 Å². The highest BCUT2D eigenvalue weighted by Gasteiger charge is 2.23. The van der Waals surface area contributed by atoms with Gasteiger partial charge in [0.05, 0.1) is 5.92 Å². The van der Waals surface area contributed by atoms with Crippen molar-refractivity contribution in [2.45, 2.75) is 32.9 Å². The zero-order chi connectivity index (χ0) is 16.7. The van der Waals surface area contributed by atoms with Gasteiger partial charge in [0.1, 0.15) is 0 Å². The van der Waals surface area contributed by atoms with Crippen LogP contribution in [-0.4, -0.2) is 23.4 Å². The van der Waals surface area contributed by atoms with E-state index in [1.807, 2.05) is 55.1 Å². The molecule has 2 aromatic carbocycles. The summed E-state index contributed by atoms with van der Waals surface area (Å²) in [6, 6.07) is 20.2. The second kappa shape index (κ2) is 8.49. The molecule has 0 radical (unpaired) electrons. The van der Waals surface area contributed by atoms with Crippen LogP contribution >= 0.6 is 0 Å². The molecule has 3 heteroatoms. The summed E-state index contributed by atoms with van der Waals surface area (Å²) >= 11 is 0. The molecule has 1 amide bonds. The molecule has 0 aliphatic heterocycles. The fraction of sp³-hybridized carbons (Fsp3) is 0.350. The number of nitrogens with two attached hydrogens (primary N) is 1. The molecular formula is C20H26N2O. The first kappa shape index (κ1) is 17.2. The van der Waals surface area contributed by atoms with Crippen LogP contribution in [0.15, 0.2) is 60.7 Å². The van der Waals surface area contributed by atoms with E-state index in [1.54, 1.807) is 0 Å². The first-order valence-electron chi connectivity index (χ1n) is 8.20. The Labute approximate surface area is 139 Å². The van der Waals surface area contributed by atoms with Crippen molar-refractivity contribution in [3.63, 3.8) is 0 Å². The SMILES string of the molecule is CC(N)C(C)C(=O)N(CCc1ccccc1)Cc1ccccc1. The molecule has 2 rings (SSSR count). The van der Waals surface area contributed by atoms with E-state index in [9.17, 15) is 4.79 Å². The summed E-state index contributed by atoms with van der Waals surface area (Å²) in [6.07, 6.45) is 0.852. The lowest BCUT2D eigenvalue weighted by Crippen LogP contribution is -2.42. The zero-order valence-electron chi connectivity index (χ0n) is 14.0. The largest absolute Gasteiger partial charge is 0.338 e. The molecule has 2 aromatic rings. The topological polar surface area (TPSA) is 46.3 Å². The molecule has 0 heterocycles. The molecule has 23 heavy (non-hydrogen) atoms. The molecule has 122 valence electrons. The van der Waals surface area contributed by atoms with Gasteiger partial charge in [0, 0.05) is 19.1 Å². The van der Waals surface area contributed by atoms with Gasteiger partial charge in [-0.15, -0.1) is 0 Å². The number of hydrogen-bond acceptors (Lipinski definition) is 2. The van der Waals surface area contributed by atoms with E-state index in [1.165, 1.54) is 5.56 Å². The molecule has 0 bridgehead atoms. The van der Waals surface area contributed by atoms with Crippen molar-refractivity contribution in [2.75, 3.05) is 6.54 Å². The average molecular weight is 310 g/mol. The van der Waals surface area contributed by atoms with Gasteiger partial charge in [0.2, 0.25) is 5.91 Å². The number of amides is 1. The third-order valence-electron chi connectivity index (χ3n) is 4.22. The Morgan fingerprint density at radius 1 is 0.957 bits per heavy atom. The summed E-state index contributed by atoms with van der Waals surface area (Å²) in [5.41, 5.74) is 8.31. The minimum atomic E-state index is -0.172. The standard InChI is InChI=1S/C20H26N2O/c1-16(17(2)21)20(23)22(15-19-11-7-4-8-12-19)14-13-18-9-5-3-6-10-18/h3-12,16-17H,13-15,21H2,1-2H3. The minimum absolute atomic E-state index is 0.125. The molecule has 3 nitrogen and oxygen atoms in total. The molecule has 2 N–H and O–H groups in total. The summed E-state index contributed by atoms with van der Waals surface area (Å²) in [6.45, 7) is 5.13. The summed E-state index contributed by atoms with van der Waals surface area (Å²) < 4.78 is 0. The van der Waals surface area contributed by atoms with Crippen LogP contribution in [0.2, 0.25) is 0 Å². The summed E-state index contributed by atoms with van der Waals surface area (Å²) in [5, 5.41) is 0. The summed E-state index contributed by atoms with van der Waals surface area (Å²) in [5.74, 6) is -0.0470. The number of benzene rings is 2. The van der Waals surface area contributed by atoms with Crippen molar-refractivity contribution in [1.29, 1.82) is 0 Å². The molecule has 0 aliphatic carbocycles. The fourth-order valence-electron chi connectivity index (χ4n) is 2.49. The van der Waals surface area contributed by atoms with Crippen molar-refractivity contribution in [3.05, 3.63) is 71.8 Å². The minimum Gasteiger partial charge on any atom is -0.338 e. The van der Waals surface area contributed by atoms with Crippen molar-refractivity contribution >= 4 is 5.91 Å². The van der Waals surface area contributed by atoms with E-state index in [-0.39, 0.29) is 17.9 Å². The normalized spacial score (nSPS) is 13.3. The van der Waals surface area contributed by atoms with E-state index >= 15 is 0 Å². The maximum Gasteiger partial charge on any atom is 0.227 e. The molecular weight excluding hydrogens is 284 g/mol. The molecule has 2 unspecified atom stereocenters. The van der Waals surface area contributed by atoms with Crippen LogP contribution in [0, 0.1) is 5.92 Å². The van der Waals surface area contributed by atoms with Gasteiger partial charge in [-0.2, -0.15) is 0 Å². The highest BCUT2D eigenvalue weighted by molar-refractivity contribution is 5.79. The highest BCUT2D eigenvalue weighted by atomic mass is 16.2. The summed E-state index contributed by atoms with van der Waals surface area (Å²) in [4.78, 5) is 14.7. The predicted molar refractivity (Wildman–Crippen MR) is 94.8 cm³/mol. The lowest BCUT2D eigenvalue weighted by atomic mass is 10.0. The maximum absolute atomic E-state index is 12.8. The Morgan fingerprint density at radius 2 is 1.48 bits per heavy atom. The Hall–Kier alpha value is -2.13. The molecule has 0 saturated heterocycles. The fourth-order valence-corrected chi connectivity index (χ4v) is 2.49. The van der Waals surface area contributed by atoms with Crippen molar-refractivity contribution < 1.29 is 4.79 Å². The lowest BCUT2D eigenvalue weighted by Gasteiger charge is -2.27. The number of carbonyl (C=O) groups is 1. The van der Waals surface area contributed by atoms with Crippen LogP contribution in [0.3, 0.4) is 0 Å². The smallest absolute Gasteiger partial charge is 0.227 e. The first-order valence-corrected chi connectivity index (χ1v) is 8.20. The predicted octanol–water partition coefficient (Wildman–Crippen LogP) is 3.24. The molecule has 0 fully saturated rings. The molecule has 2 atom stereocenters. The Morgan fingerprint density at radius 3 is 2.00 bits per heavy atom. The molecule has 0 aliphatic rings. The van der Waals surface area contributed by atoms with Gasteiger partial charge in [-0.1, -0.05) is 67.6 Å². The lowest BCUT2D eigenvalue weighted by molar-refractivity contribution is -0.136. The van der Waals surface area contributed by atoms with Crippen LogP contribution in [-0.2, 0) is 17.8 Å². The van der Waals surface area contributed by atoms with Gasteiger partial charge in [-0.25, -0.2) is 0 Å². The number of nitrogens with zero attached hydrogens (tertiary/aromatic N) is 1. The van der Waals surface area contributed by atoms with Gasteiger partial charge in [-0.3, -0.25) is 4.79 Å². The average Bonchev–Trinajstić information content (AvgIpc) is 2.59. The maximum atomic E-state index is 12.8. The third-order valence-corrected chi connectivity index (χ3v) is 4.22. The quantitative estimate of drug-likeness (QED) is 0.853. The Balaban J connectivity index is 2.08. The van der Waals surface area contributed by atoms with E-state index in [0.717, 1.165) is 12.0 Å². The van der Waals surface area contributed by atoms with Crippen LogP contribution in [0.25, 0.3) is 0 Å². The summed E-state index contributed by atoms with van der Waals surface area (Å²) in [7, 11) is 0. The second-order valence-corrected chi connectivity index (χ2v) is 6.13. The first-order chi connectivity index (χ1) is 11.1. The van der Waals surface area contributed by atoms with E-state index < -0.39 is 0 Å². The van der Waals surface area contributed by atoms with Crippen LogP contribution in [0.5, 0.6) is 0 Å². The molecule has 0 saturated carbocycles. The highest BCUT2D eigenvalue weighted by Crippen LogP contribution is 2.12. The van der Waals surface area contributed by atoms with E-state index in [2.05, 4.69) is 24.3 Å². The zero-order valence-corrected chi connectivity index (χ0v) is 14.0. The van der Waals surface area contributed by atoms with E-state index in [4.69, 9.17) is 5.73 Å². The van der Waals surface area contributed by atoms with Crippen molar-refractivity contribution in [1.82, 2.24) is 4.90 Å². The monoisotopic (exact) mass is 310 g/mol. The van der Waals surface area contributed by atoms with Crippen molar-refractivity contribution in [2.24, 2.45) is 11.7 Å². The number of hydrogen-bond donors (Lipinski definition) is 1. The molecule has 0 spiro atoms. The van der Waals surface area contributed by atoms with E-state index in [0.29, 0.717) is 13.1 Å². The van der Waals surface area contributed by atoms with Gasteiger partial charge >= 0.3 is 0 Å². The van der Waals surface area contributed by atoms with Crippen LogP contribution in [0.4, 0.5) is 0 Å². The van der Waals surface area contributed by atoms with Gasteiger partial charge in [-0.05, 0) is 24.5 Å². The van der Waals surface area contributed by atoms with Crippen LogP contribution < -0.4 is 5.73 Å². The Kier molecular flexibility index (Phi) is 6.36. The van der Waals surface area contributed by atoms with Gasteiger partial charge < -0.3 is 10.6 Å². The number of rotatable bonds is 7.